The van der Waals surface area contributed by atoms with E-state index in [4.69, 9.17) is 0 Å². The topological polar surface area (TPSA) is 32.3 Å². The number of rotatable bonds is 3. The molecule has 2 atom stereocenters. The third-order valence-electron chi connectivity index (χ3n) is 4.76. The molecule has 2 unspecified atom stereocenters. The molecule has 2 aliphatic heterocycles. The van der Waals surface area contributed by atoms with E-state index in [1.54, 1.807) is 11.3 Å². The molecule has 2 saturated heterocycles. The summed E-state index contributed by atoms with van der Waals surface area (Å²) in [5.74, 6) is 2.64. The Hall–Kier alpha value is -0.520. The second kappa shape index (κ2) is 5.94. The van der Waals surface area contributed by atoms with Crippen LogP contribution in [-0.4, -0.2) is 33.9 Å². The Labute approximate surface area is 135 Å². The van der Waals surface area contributed by atoms with Gasteiger partial charge in [0.05, 0.1) is 5.54 Å². The average molecular weight is 325 g/mol. The van der Waals surface area contributed by atoms with Gasteiger partial charge in [0.1, 0.15) is 6.17 Å². The zero-order valence-corrected chi connectivity index (χ0v) is 14.6. The minimum Gasteiger partial charge on any atom is -0.317 e. The Bertz CT molecular complexity index is 524. The molecular formula is C16H24N2OS2. The van der Waals surface area contributed by atoms with E-state index in [-0.39, 0.29) is 12.1 Å². The molecule has 0 saturated carbocycles. The molecule has 0 spiro atoms. The SMILES string of the molecule is CCC1(C)NC(c2ccc(C)s2)N(C2CCSCC2)C1=O. The van der Waals surface area contributed by atoms with Crippen molar-refractivity contribution in [3.05, 3.63) is 21.9 Å². The molecule has 1 amide bonds. The number of thioether (sulfide) groups is 1. The van der Waals surface area contributed by atoms with Gasteiger partial charge in [-0.05, 0) is 56.7 Å². The number of nitrogens with zero attached hydrogens (tertiary/aromatic N) is 1. The zero-order valence-electron chi connectivity index (χ0n) is 13.0. The number of hydrogen-bond acceptors (Lipinski definition) is 4. The van der Waals surface area contributed by atoms with Crippen LogP contribution in [0.4, 0.5) is 0 Å². The second-order valence-corrected chi connectivity index (χ2v) is 8.78. The number of nitrogens with one attached hydrogen (secondary N) is 1. The molecule has 5 heteroatoms. The van der Waals surface area contributed by atoms with Crippen molar-refractivity contribution in [2.24, 2.45) is 0 Å². The van der Waals surface area contributed by atoms with Crippen molar-refractivity contribution in [3.8, 4) is 0 Å². The first kappa shape index (κ1) is 15.4. The standard InChI is InChI=1S/C16H24N2OS2/c1-4-16(3)15(19)18(12-7-9-20-10-8-12)14(17-16)13-6-5-11(2)21-13/h5-6,12,14,17H,4,7-10H2,1-3H3. The highest BCUT2D eigenvalue weighted by molar-refractivity contribution is 7.99. The van der Waals surface area contributed by atoms with E-state index in [9.17, 15) is 4.79 Å². The molecule has 0 aliphatic carbocycles. The smallest absolute Gasteiger partial charge is 0.244 e. The Morgan fingerprint density at radius 3 is 2.67 bits per heavy atom. The predicted molar refractivity (Wildman–Crippen MR) is 90.8 cm³/mol. The van der Waals surface area contributed by atoms with Crippen molar-refractivity contribution in [1.82, 2.24) is 10.2 Å². The van der Waals surface area contributed by atoms with E-state index in [0.29, 0.717) is 6.04 Å². The lowest BCUT2D eigenvalue weighted by Crippen LogP contribution is -2.45. The summed E-state index contributed by atoms with van der Waals surface area (Å²) in [5, 5.41) is 3.62. The summed E-state index contributed by atoms with van der Waals surface area (Å²) in [6, 6.07) is 4.73. The van der Waals surface area contributed by atoms with Crippen molar-refractivity contribution < 1.29 is 4.79 Å². The largest absolute Gasteiger partial charge is 0.317 e. The third-order valence-corrected chi connectivity index (χ3v) is 6.86. The molecule has 2 aliphatic rings. The van der Waals surface area contributed by atoms with Gasteiger partial charge in [0, 0.05) is 15.8 Å². The highest BCUT2D eigenvalue weighted by atomic mass is 32.2. The lowest BCUT2D eigenvalue weighted by atomic mass is 9.98. The number of amides is 1. The summed E-state index contributed by atoms with van der Waals surface area (Å²) in [6.07, 6.45) is 3.15. The van der Waals surface area contributed by atoms with Gasteiger partial charge in [0.15, 0.2) is 0 Å². The molecular weight excluding hydrogens is 300 g/mol. The molecule has 21 heavy (non-hydrogen) atoms. The van der Waals surface area contributed by atoms with Crippen molar-refractivity contribution >= 4 is 29.0 Å². The summed E-state index contributed by atoms with van der Waals surface area (Å²) in [5.41, 5.74) is -0.410. The Balaban J connectivity index is 1.93. The van der Waals surface area contributed by atoms with Crippen LogP contribution in [0.5, 0.6) is 0 Å². The van der Waals surface area contributed by atoms with Gasteiger partial charge in [-0.1, -0.05) is 6.92 Å². The van der Waals surface area contributed by atoms with Gasteiger partial charge in [-0.25, -0.2) is 0 Å². The fraction of sp³-hybridized carbons (Fsp3) is 0.688. The summed E-state index contributed by atoms with van der Waals surface area (Å²) in [7, 11) is 0. The van der Waals surface area contributed by atoms with Gasteiger partial charge >= 0.3 is 0 Å². The molecule has 0 radical (unpaired) electrons. The maximum atomic E-state index is 13.0. The Kier molecular flexibility index (Phi) is 4.35. The third kappa shape index (κ3) is 2.76. The van der Waals surface area contributed by atoms with Gasteiger partial charge in [-0.3, -0.25) is 10.1 Å². The normalized spacial score (nSPS) is 31.1. The van der Waals surface area contributed by atoms with Crippen LogP contribution in [0.1, 0.15) is 49.0 Å². The Morgan fingerprint density at radius 1 is 1.38 bits per heavy atom. The molecule has 2 fully saturated rings. The van der Waals surface area contributed by atoms with Crippen molar-refractivity contribution in [2.45, 2.75) is 57.8 Å². The van der Waals surface area contributed by atoms with E-state index in [1.165, 1.54) is 21.3 Å². The number of carbonyl (C=O) groups is 1. The van der Waals surface area contributed by atoms with Crippen LogP contribution in [0.3, 0.4) is 0 Å². The lowest BCUT2D eigenvalue weighted by Gasteiger charge is -2.34. The molecule has 0 aromatic carbocycles. The first-order chi connectivity index (χ1) is 10.0. The first-order valence-corrected chi connectivity index (χ1v) is 9.77. The van der Waals surface area contributed by atoms with Crippen molar-refractivity contribution in [1.29, 1.82) is 0 Å². The summed E-state index contributed by atoms with van der Waals surface area (Å²) in [4.78, 5) is 17.8. The Morgan fingerprint density at radius 2 is 2.10 bits per heavy atom. The molecule has 116 valence electrons. The summed E-state index contributed by atoms with van der Waals surface area (Å²) in [6.45, 7) is 6.29. The number of carbonyl (C=O) groups excluding carboxylic acids is 1. The molecule has 3 rings (SSSR count). The van der Waals surface area contributed by atoms with E-state index >= 15 is 0 Å². The number of aryl methyl sites for hydroxylation is 1. The predicted octanol–water partition coefficient (Wildman–Crippen LogP) is 3.55. The maximum absolute atomic E-state index is 13.0. The highest BCUT2D eigenvalue weighted by Gasteiger charge is 2.50. The summed E-state index contributed by atoms with van der Waals surface area (Å²) >= 11 is 3.81. The van der Waals surface area contributed by atoms with Crippen molar-refractivity contribution in [3.63, 3.8) is 0 Å². The minimum absolute atomic E-state index is 0.0641. The molecule has 1 aromatic rings. The fourth-order valence-corrected chi connectivity index (χ4v) is 5.25. The molecule has 3 heterocycles. The molecule has 1 aromatic heterocycles. The van der Waals surface area contributed by atoms with E-state index < -0.39 is 5.54 Å². The molecule has 0 bridgehead atoms. The second-order valence-electron chi connectivity index (χ2n) is 6.24. The molecule has 1 N–H and O–H groups in total. The van der Waals surface area contributed by atoms with E-state index in [1.807, 2.05) is 11.8 Å². The lowest BCUT2D eigenvalue weighted by molar-refractivity contribution is -0.135. The van der Waals surface area contributed by atoms with Crippen LogP contribution in [0.2, 0.25) is 0 Å². The van der Waals surface area contributed by atoms with Gasteiger partial charge < -0.3 is 4.90 Å². The first-order valence-electron chi connectivity index (χ1n) is 7.79. The number of hydrogen-bond donors (Lipinski definition) is 1. The highest BCUT2D eigenvalue weighted by Crippen LogP contribution is 2.39. The fourth-order valence-electron chi connectivity index (χ4n) is 3.24. The zero-order chi connectivity index (χ0) is 15.0. The van der Waals surface area contributed by atoms with Crippen molar-refractivity contribution in [2.75, 3.05) is 11.5 Å². The minimum atomic E-state index is -0.410. The maximum Gasteiger partial charge on any atom is 0.244 e. The molecule has 3 nitrogen and oxygen atoms in total. The number of thiophene rings is 1. The van der Waals surface area contributed by atoms with E-state index in [0.717, 1.165) is 19.3 Å². The average Bonchev–Trinajstić information content (AvgIpc) is 3.03. The van der Waals surface area contributed by atoms with Crippen LogP contribution in [0.25, 0.3) is 0 Å². The van der Waals surface area contributed by atoms with Crippen LogP contribution < -0.4 is 5.32 Å². The quantitative estimate of drug-likeness (QED) is 0.923. The monoisotopic (exact) mass is 324 g/mol. The van der Waals surface area contributed by atoms with Crippen LogP contribution in [0, 0.1) is 6.92 Å². The van der Waals surface area contributed by atoms with Crippen LogP contribution >= 0.6 is 23.1 Å². The van der Waals surface area contributed by atoms with Gasteiger partial charge in [0.2, 0.25) is 5.91 Å². The van der Waals surface area contributed by atoms with Gasteiger partial charge in [-0.2, -0.15) is 11.8 Å². The van der Waals surface area contributed by atoms with Crippen LogP contribution in [0.15, 0.2) is 12.1 Å². The van der Waals surface area contributed by atoms with E-state index in [2.05, 4.69) is 43.1 Å². The van der Waals surface area contributed by atoms with Gasteiger partial charge in [-0.15, -0.1) is 11.3 Å². The van der Waals surface area contributed by atoms with Crippen LogP contribution in [-0.2, 0) is 4.79 Å². The van der Waals surface area contributed by atoms with Gasteiger partial charge in [0.25, 0.3) is 0 Å². The summed E-state index contributed by atoms with van der Waals surface area (Å²) < 4.78 is 0.